The van der Waals surface area contributed by atoms with Gasteiger partial charge in [0.1, 0.15) is 23.0 Å². The highest BCUT2D eigenvalue weighted by Crippen LogP contribution is 2.45. The summed E-state index contributed by atoms with van der Waals surface area (Å²) in [6.07, 6.45) is 0. The lowest BCUT2D eigenvalue weighted by atomic mass is 9.80. The Morgan fingerprint density at radius 1 is 0.436 bits per heavy atom. The van der Waals surface area contributed by atoms with Gasteiger partial charge in [-0.25, -0.2) is 0 Å². The zero-order valence-electron chi connectivity index (χ0n) is 22.5. The minimum Gasteiger partial charge on any atom is -0.508 e. The molecule has 0 aliphatic rings. The molecule has 196 valence electrons. The lowest BCUT2D eigenvalue weighted by molar-refractivity contribution is 0.454. The zero-order chi connectivity index (χ0) is 27.8. The number of hydrogen-bond acceptors (Lipinski definition) is 4. The second-order valence-electron chi connectivity index (χ2n) is 10.3. The molecule has 0 atom stereocenters. The van der Waals surface area contributed by atoms with Gasteiger partial charge in [-0.3, -0.25) is 0 Å². The van der Waals surface area contributed by atoms with Crippen molar-refractivity contribution >= 4 is 0 Å². The van der Waals surface area contributed by atoms with Crippen LogP contribution in [0.2, 0.25) is 0 Å². The molecule has 0 aliphatic carbocycles. The van der Waals surface area contributed by atoms with Crippen molar-refractivity contribution in [3.05, 3.63) is 130 Å². The van der Waals surface area contributed by atoms with Crippen LogP contribution in [0.15, 0.2) is 91.0 Å². The number of rotatable bonds is 5. The summed E-state index contributed by atoms with van der Waals surface area (Å²) in [4.78, 5) is 0. The van der Waals surface area contributed by atoms with E-state index in [9.17, 15) is 20.4 Å². The molecule has 0 heterocycles. The summed E-state index contributed by atoms with van der Waals surface area (Å²) >= 11 is 0. The first-order valence-corrected chi connectivity index (χ1v) is 13.0. The van der Waals surface area contributed by atoms with Crippen LogP contribution in [0.3, 0.4) is 0 Å². The standard InChI is InChI=1S/C35H32O4/c1-20-14-25(10-12-31(20)36)27-16-22(3)34(38)29(18-27)33(24-8-6-5-7-9-24)30-19-28(17-23(4)35(30)39)26-11-13-32(37)21(2)15-26/h5-19,33,36-39H,1-4H3. The number of phenols is 4. The molecule has 0 unspecified atom stereocenters. The van der Waals surface area contributed by atoms with Gasteiger partial charge in [0.15, 0.2) is 0 Å². The van der Waals surface area contributed by atoms with Gasteiger partial charge in [-0.2, -0.15) is 0 Å². The Labute approximate surface area is 229 Å². The molecule has 0 fully saturated rings. The van der Waals surface area contributed by atoms with Crippen LogP contribution in [0.1, 0.15) is 44.9 Å². The van der Waals surface area contributed by atoms with Crippen molar-refractivity contribution in [2.75, 3.05) is 0 Å². The highest BCUT2D eigenvalue weighted by molar-refractivity contribution is 5.73. The lowest BCUT2D eigenvalue weighted by Crippen LogP contribution is -2.06. The van der Waals surface area contributed by atoms with Gasteiger partial charge in [0.25, 0.3) is 0 Å². The molecule has 5 rings (SSSR count). The Morgan fingerprint density at radius 3 is 1.26 bits per heavy atom. The first kappa shape index (κ1) is 25.9. The fourth-order valence-electron chi connectivity index (χ4n) is 5.23. The number of aryl methyl sites for hydroxylation is 4. The third kappa shape index (κ3) is 4.94. The van der Waals surface area contributed by atoms with Crippen molar-refractivity contribution in [3.8, 4) is 45.3 Å². The van der Waals surface area contributed by atoms with Gasteiger partial charge in [0.2, 0.25) is 0 Å². The maximum absolute atomic E-state index is 11.4. The largest absolute Gasteiger partial charge is 0.508 e. The molecule has 39 heavy (non-hydrogen) atoms. The molecule has 4 heteroatoms. The molecule has 0 aromatic heterocycles. The van der Waals surface area contributed by atoms with E-state index in [0.717, 1.165) is 50.1 Å². The Morgan fingerprint density at radius 2 is 0.846 bits per heavy atom. The van der Waals surface area contributed by atoms with Crippen molar-refractivity contribution in [2.24, 2.45) is 0 Å². The molecule has 0 spiro atoms. The van der Waals surface area contributed by atoms with Crippen molar-refractivity contribution in [1.82, 2.24) is 0 Å². The summed E-state index contributed by atoms with van der Waals surface area (Å²) in [5.41, 5.74) is 8.92. The normalized spacial score (nSPS) is 11.2. The molecule has 4 N–H and O–H groups in total. The van der Waals surface area contributed by atoms with Gasteiger partial charge >= 0.3 is 0 Å². The molecule has 0 aliphatic heterocycles. The van der Waals surface area contributed by atoms with Crippen molar-refractivity contribution < 1.29 is 20.4 Å². The minimum absolute atomic E-state index is 0.172. The van der Waals surface area contributed by atoms with Crippen LogP contribution in [0, 0.1) is 27.7 Å². The van der Waals surface area contributed by atoms with E-state index >= 15 is 0 Å². The third-order valence-corrected chi connectivity index (χ3v) is 7.48. The number of benzene rings is 5. The first-order chi connectivity index (χ1) is 18.6. The van der Waals surface area contributed by atoms with E-state index in [0.29, 0.717) is 11.1 Å². The van der Waals surface area contributed by atoms with Gasteiger partial charge in [-0.15, -0.1) is 0 Å². The van der Waals surface area contributed by atoms with Gasteiger partial charge in [0, 0.05) is 17.0 Å². The molecule has 4 nitrogen and oxygen atoms in total. The van der Waals surface area contributed by atoms with Crippen LogP contribution in [0.25, 0.3) is 22.3 Å². The maximum Gasteiger partial charge on any atom is 0.122 e. The summed E-state index contributed by atoms with van der Waals surface area (Å²) in [5, 5.41) is 43.0. The van der Waals surface area contributed by atoms with E-state index in [1.54, 1.807) is 12.1 Å². The van der Waals surface area contributed by atoms with Crippen molar-refractivity contribution in [1.29, 1.82) is 0 Å². The minimum atomic E-state index is -0.458. The SMILES string of the molecule is Cc1cc(-c2cc(C)c(O)c(C(c3ccccc3)c3cc(-c4ccc(O)c(C)c4)cc(C)c3O)c2)ccc1O. The smallest absolute Gasteiger partial charge is 0.122 e. The van der Waals surface area contributed by atoms with Crippen LogP contribution in [-0.4, -0.2) is 20.4 Å². The Hall–Kier alpha value is -4.70. The second kappa shape index (κ2) is 10.2. The zero-order valence-corrected chi connectivity index (χ0v) is 22.5. The maximum atomic E-state index is 11.4. The summed E-state index contributed by atoms with van der Waals surface area (Å²) in [6, 6.07) is 28.6. The van der Waals surface area contributed by atoms with Crippen molar-refractivity contribution in [3.63, 3.8) is 0 Å². The first-order valence-electron chi connectivity index (χ1n) is 13.0. The molecule has 0 radical (unpaired) electrons. The number of hydrogen-bond donors (Lipinski definition) is 4. The summed E-state index contributed by atoms with van der Waals surface area (Å²) in [7, 11) is 0. The summed E-state index contributed by atoms with van der Waals surface area (Å²) in [5.74, 6) is 0.355. The number of phenolic OH excluding ortho intramolecular Hbond substituents is 4. The van der Waals surface area contributed by atoms with Gasteiger partial charge in [0.05, 0.1) is 0 Å². The molecule has 5 aromatic rings. The van der Waals surface area contributed by atoms with Gasteiger partial charge < -0.3 is 20.4 Å². The fourth-order valence-corrected chi connectivity index (χ4v) is 5.23. The molecular weight excluding hydrogens is 484 g/mol. The third-order valence-electron chi connectivity index (χ3n) is 7.48. The average molecular weight is 517 g/mol. The predicted octanol–water partition coefficient (Wildman–Crippen LogP) is 8.26. The van der Waals surface area contributed by atoms with E-state index in [2.05, 4.69) is 0 Å². The highest BCUT2D eigenvalue weighted by Gasteiger charge is 2.26. The summed E-state index contributed by atoms with van der Waals surface area (Å²) in [6.45, 7) is 7.46. The van der Waals surface area contributed by atoms with Crippen LogP contribution in [-0.2, 0) is 0 Å². The van der Waals surface area contributed by atoms with Crippen LogP contribution < -0.4 is 0 Å². The predicted molar refractivity (Wildman–Crippen MR) is 157 cm³/mol. The fraction of sp³-hybridized carbons (Fsp3) is 0.143. The Balaban J connectivity index is 1.77. The number of aromatic hydroxyl groups is 4. The van der Waals surface area contributed by atoms with Crippen LogP contribution in [0.5, 0.6) is 23.0 Å². The second-order valence-corrected chi connectivity index (χ2v) is 10.3. The molecule has 0 bridgehead atoms. The molecule has 0 saturated carbocycles. The van der Waals surface area contributed by atoms with E-state index in [-0.39, 0.29) is 23.0 Å². The van der Waals surface area contributed by atoms with E-state index in [1.807, 2.05) is 107 Å². The molecular formula is C35H32O4. The van der Waals surface area contributed by atoms with E-state index in [4.69, 9.17) is 0 Å². The topological polar surface area (TPSA) is 80.9 Å². The molecule has 5 aromatic carbocycles. The molecule has 0 saturated heterocycles. The lowest BCUT2D eigenvalue weighted by Gasteiger charge is -2.24. The van der Waals surface area contributed by atoms with E-state index in [1.165, 1.54) is 0 Å². The van der Waals surface area contributed by atoms with Gasteiger partial charge in [-0.05, 0) is 126 Å². The average Bonchev–Trinajstić information content (AvgIpc) is 2.92. The quantitative estimate of drug-likeness (QED) is 0.177. The Bertz CT molecular complexity index is 1580. The monoisotopic (exact) mass is 516 g/mol. The van der Waals surface area contributed by atoms with Crippen molar-refractivity contribution in [2.45, 2.75) is 33.6 Å². The van der Waals surface area contributed by atoms with Gasteiger partial charge in [-0.1, -0.05) is 42.5 Å². The summed E-state index contributed by atoms with van der Waals surface area (Å²) < 4.78 is 0. The van der Waals surface area contributed by atoms with Crippen LogP contribution in [0.4, 0.5) is 0 Å². The highest BCUT2D eigenvalue weighted by atomic mass is 16.3. The molecule has 0 amide bonds. The van der Waals surface area contributed by atoms with Crippen LogP contribution >= 0.6 is 0 Å². The Kier molecular flexibility index (Phi) is 6.80. The van der Waals surface area contributed by atoms with E-state index < -0.39 is 5.92 Å².